The van der Waals surface area contributed by atoms with Crippen LogP contribution >= 0.6 is 12.8 Å². The van der Waals surface area contributed by atoms with E-state index in [0.717, 1.165) is 42.7 Å². The van der Waals surface area contributed by atoms with Gasteiger partial charge in [0.1, 0.15) is 6.33 Å². The minimum absolute atomic E-state index is 0.0181. The maximum absolute atomic E-state index is 12.8. The summed E-state index contributed by atoms with van der Waals surface area (Å²) < 4.78 is 1.17. The number of carbonyl (C=O) groups excluding carboxylic acids is 2. The minimum atomic E-state index is -0.253. The smallest absolute Gasteiger partial charge is 0.296 e. The van der Waals surface area contributed by atoms with Gasteiger partial charge in [-0.25, -0.2) is 4.98 Å². The normalized spacial score (nSPS) is 12.4. The van der Waals surface area contributed by atoms with E-state index in [2.05, 4.69) is 29.8 Å². The molecule has 8 nitrogen and oxygen atoms in total. The molecular weight excluding hydrogens is 400 g/mol. The number of hydrogen-bond donors (Lipinski definition) is 1. The van der Waals surface area contributed by atoms with Crippen molar-refractivity contribution in [2.75, 3.05) is 43.5 Å². The molecule has 0 N–H and O–H groups in total. The van der Waals surface area contributed by atoms with E-state index in [1.807, 2.05) is 44.0 Å². The van der Waals surface area contributed by atoms with Crippen LogP contribution in [0.15, 0.2) is 24.5 Å². The zero-order valence-corrected chi connectivity index (χ0v) is 19.4. The monoisotopic (exact) mass is 432 g/mol. The lowest BCUT2D eigenvalue weighted by Gasteiger charge is -2.23. The molecule has 0 fully saturated rings. The Labute approximate surface area is 184 Å². The molecule has 1 aliphatic heterocycles. The highest BCUT2D eigenvalue weighted by Gasteiger charge is 2.29. The van der Waals surface area contributed by atoms with Crippen LogP contribution in [0, 0.1) is 0 Å². The maximum Gasteiger partial charge on any atom is 0.296 e. The number of rotatable bonds is 7. The van der Waals surface area contributed by atoms with Crippen molar-refractivity contribution in [3.05, 3.63) is 35.9 Å². The zero-order valence-electron chi connectivity index (χ0n) is 18.5. The quantitative estimate of drug-likeness (QED) is 0.681. The molecule has 1 aliphatic rings. The molecule has 164 valence electrons. The molecule has 2 heterocycles. The van der Waals surface area contributed by atoms with Crippen LogP contribution in [0.2, 0.25) is 0 Å². The molecule has 0 unspecified atom stereocenters. The Hall–Kier alpha value is -2.39. The Bertz CT molecular complexity index is 869. The van der Waals surface area contributed by atoms with E-state index in [1.54, 1.807) is 16.8 Å². The summed E-state index contributed by atoms with van der Waals surface area (Å²) in [5.74, 6) is -0.0650. The highest BCUT2D eigenvalue weighted by atomic mass is 32.1. The molecule has 0 saturated heterocycles. The Morgan fingerprint density at radius 1 is 1.23 bits per heavy atom. The number of hydrogen-bond acceptors (Lipinski definition) is 6. The van der Waals surface area contributed by atoms with Gasteiger partial charge in [0.25, 0.3) is 5.91 Å². The summed E-state index contributed by atoms with van der Waals surface area (Å²) in [6, 6.07) is 5.80. The van der Waals surface area contributed by atoms with Gasteiger partial charge in [-0.05, 0) is 56.9 Å². The largest absolute Gasteiger partial charge is 0.314 e. The first-order valence-electron chi connectivity index (χ1n) is 10.4. The molecule has 0 aliphatic carbocycles. The fraction of sp³-hybridized carbons (Fsp3) is 0.524. The number of likely N-dealkylation sites (N-methyl/N-ethyl adjacent to an activating group) is 2. The molecule has 2 amide bonds. The van der Waals surface area contributed by atoms with Gasteiger partial charge in [0.2, 0.25) is 11.7 Å². The number of amides is 2. The van der Waals surface area contributed by atoms with Gasteiger partial charge in [-0.15, -0.1) is 5.10 Å². The number of thiol groups is 1. The molecule has 3 rings (SSSR count). The van der Waals surface area contributed by atoms with Gasteiger partial charge in [0.15, 0.2) is 0 Å². The fourth-order valence-corrected chi connectivity index (χ4v) is 3.46. The Kier molecular flexibility index (Phi) is 8.86. The van der Waals surface area contributed by atoms with Crippen molar-refractivity contribution in [2.45, 2.75) is 40.0 Å². The number of nitrogens with zero attached hydrogens (tertiary/aromatic N) is 6. The maximum atomic E-state index is 12.8. The van der Waals surface area contributed by atoms with E-state index in [1.165, 1.54) is 10.4 Å². The van der Waals surface area contributed by atoms with Crippen molar-refractivity contribution in [1.82, 2.24) is 19.1 Å². The van der Waals surface area contributed by atoms with Crippen molar-refractivity contribution in [3.63, 3.8) is 0 Å². The van der Waals surface area contributed by atoms with Crippen molar-refractivity contribution in [1.29, 1.82) is 0 Å². The van der Waals surface area contributed by atoms with Gasteiger partial charge in [0, 0.05) is 25.0 Å². The number of carbonyl (C=O) groups is 2. The third-order valence-corrected chi connectivity index (χ3v) is 5.28. The van der Waals surface area contributed by atoms with Crippen LogP contribution < -0.4 is 9.80 Å². The lowest BCUT2D eigenvalue weighted by atomic mass is 10.1. The average Bonchev–Trinajstić information content (AvgIpc) is 3.38. The van der Waals surface area contributed by atoms with E-state index >= 15 is 0 Å². The molecule has 0 bridgehead atoms. The Balaban J connectivity index is 0.00000155. The van der Waals surface area contributed by atoms with Gasteiger partial charge in [-0.1, -0.05) is 33.3 Å². The predicted octanol–water partition coefficient (Wildman–Crippen LogP) is 2.89. The standard InChI is InChI=1S/C19H26N6O2S.C2H6/c1-4-5-9-22(2)12-17(26)23(3)15-7-6-14-8-10-24(16(14)11-15)19(27)18-20-13-21-25(18)28;1-2/h6-7,11,13,28H,4-5,8-10,12H2,1-3H3;1-2H3. The molecule has 0 saturated carbocycles. The highest BCUT2D eigenvalue weighted by Crippen LogP contribution is 2.33. The Morgan fingerprint density at radius 2 is 1.97 bits per heavy atom. The first-order valence-corrected chi connectivity index (χ1v) is 10.8. The third kappa shape index (κ3) is 5.40. The van der Waals surface area contributed by atoms with Crippen LogP contribution in [-0.4, -0.2) is 64.6 Å². The molecule has 9 heteroatoms. The number of benzene rings is 1. The summed E-state index contributed by atoms with van der Waals surface area (Å²) in [5, 5.41) is 3.85. The number of anilines is 2. The molecule has 0 radical (unpaired) electrons. The fourth-order valence-electron chi connectivity index (χ4n) is 3.27. The SMILES string of the molecule is CC.CCCCN(C)CC(=O)N(C)c1ccc2c(c1)N(C(=O)c1ncnn1S)CC2. The van der Waals surface area contributed by atoms with Crippen LogP contribution in [0.3, 0.4) is 0 Å². The van der Waals surface area contributed by atoms with Gasteiger partial charge < -0.3 is 9.80 Å². The summed E-state index contributed by atoms with van der Waals surface area (Å²) in [4.78, 5) is 34.8. The van der Waals surface area contributed by atoms with E-state index in [4.69, 9.17) is 0 Å². The Morgan fingerprint density at radius 3 is 2.60 bits per heavy atom. The van der Waals surface area contributed by atoms with Crippen LogP contribution in [0.5, 0.6) is 0 Å². The first-order chi connectivity index (χ1) is 14.4. The van der Waals surface area contributed by atoms with Crippen molar-refractivity contribution < 1.29 is 9.59 Å². The lowest BCUT2D eigenvalue weighted by molar-refractivity contribution is -0.119. The second-order valence-corrected chi connectivity index (χ2v) is 7.42. The number of aromatic nitrogens is 3. The summed E-state index contributed by atoms with van der Waals surface area (Å²) in [6.45, 7) is 7.96. The summed E-state index contributed by atoms with van der Waals surface area (Å²) in [5.41, 5.74) is 2.64. The molecule has 1 aromatic heterocycles. The van der Waals surface area contributed by atoms with Gasteiger partial charge >= 0.3 is 0 Å². The van der Waals surface area contributed by atoms with E-state index < -0.39 is 0 Å². The first kappa shape index (κ1) is 23.9. The molecule has 1 aromatic carbocycles. The molecule has 0 atom stereocenters. The highest BCUT2D eigenvalue weighted by molar-refractivity contribution is 7.78. The summed E-state index contributed by atoms with van der Waals surface area (Å²) >= 11 is 4.12. The van der Waals surface area contributed by atoms with Crippen molar-refractivity contribution in [3.8, 4) is 0 Å². The second kappa shape index (κ2) is 11.1. The van der Waals surface area contributed by atoms with Crippen LogP contribution in [0.25, 0.3) is 0 Å². The lowest BCUT2D eigenvalue weighted by Crippen LogP contribution is -2.37. The van der Waals surface area contributed by atoms with E-state index in [9.17, 15) is 9.59 Å². The average molecular weight is 433 g/mol. The number of unbranched alkanes of at least 4 members (excludes halogenated alkanes) is 1. The van der Waals surface area contributed by atoms with Crippen molar-refractivity contribution >= 4 is 36.0 Å². The molecular formula is C21H32N6O2S. The van der Waals surface area contributed by atoms with E-state index in [0.29, 0.717) is 13.1 Å². The topological polar surface area (TPSA) is 74.6 Å². The van der Waals surface area contributed by atoms with Gasteiger partial charge in [-0.3, -0.25) is 14.5 Å². The number of fused-ring (bicyclic) bond motifs is 1. The third-order valence-electron chi connectivity index (χ3n) is 4.99. The van der Waals surface area contributed by atoms with E-state index in [-0.39, 0.29) is 17.6 Å². The second-order valence-electron chi connectivity index (χ2n) is 7.04. The predicted molar refractivity (Wildman–Crippen MR) is 123 cm³/mol. The minimum Gasteiger partial charge on any atom is -0.314 e. The van der Waals surface area contributed by atoms with Gasteiger partial charge in [0.05, 0.1) is 6.54 Å². The van der Waals surface area contributed by atoms with Crippen LogP contribution in [0.1, 0.15) is 49.8 Å². The van der Waals surface area contributed by atoms with Crippen LogP contribution in [-0.2, 0) is 11.2 Å². The van der Waals surface area contributed by atoms with Crippen LogP contribution in [0.4, 0.5) is 11.4 Å². The van der Waals surface area contributed by atoms with Gasteiger partial charge in [-0.2, -0.15) is 4.09 Å². The molecule has 30 heavy (non-hydrogen) atoms. The molecule has 0 spiro atoms. The summed E-state index contributed by atoms with van der Waals surface area (Å²) in [6.07, 6.45) is 4.23. The molecule has 2 aromatic rings. The summed E-state index contributed by atoms with van der Waals surface area (Å²) in [7, 11) is 3.72. The zero-order chi connectivity index (χ0) is 22.3. The van der Waals surface area contributed by atoms with Crippen molar-refractivity contribution in [2.24, 2.45) is 0 Å².